The van der Waals surface area contributed by atoms with Gasteiger partial charge in [0.1, 0.15) is 5.03 Å². The number of carbonyl (C=O) groups is 1. The van der Waals surface area contributed by atoms with Gasteiger partial charge in [-0.15, -0.1) is 0 Å². The molecule has 1 fully saturated rings. The molecule has 0 spiro atoms. The highest BCUT2D eigenvalue weighted by Gasteiger charge is 2.17. The van der Waals surface area contributed by atoms with E-state index in [1.165, 1.54) is 11.8 Å². The van der Waals surface area contributed by atoms with Gasteiger partial charge in [0, 0.05) is 28.6 Å². The Balaban J connectivity index is 1.51. The van der Waals surface area contributed by atoms with Crippen LogP contribution >= 0.6 is 27.7 Å². The Bertz CT molecular complexity index is 975. The van der Waals surface area contributed by atoms with E-state index in [0.717, 1.165) is 45.4 Å². The number of aromatic nitrogens is 2. The SMILES string of the molecule is O=C(CSc1nc(-c2ccc(Br)cc2)nc2ccccc12)NC[C@H]1CCCO1. The van der Waals surface area contributed by atoms with Gasteiger partial charge < -0.3 is 10.1 Å². The summed E-state index contributed by atoms with van der Waals surface area (Å²) in [6.45, 7) is 1.37. The second kappa shape index (κ2) is 9.03. The minimum Gasteiger partial charge on any atom is -0.376 e. The molecular weight excluding hydrogens is 438 g/mol. The van der Waals surface area contributed by atoms with E-state index in [4.69, 9.17) is 14.7 Å². The lowest BCUT2D eigenvalue weighted by Crippen LogP contribution is -2.32. The molecule has 1 aliphatic rings. The maximum absolute atomic E-state index is 12.3. The summed E-state index contributed by atoms with van der Waals surface area (Å²) in [4.78, 5) is 21.7. The molecule has 28 heavy (non-hydrogen) atoms. The van der Waals surface area contributed by atoms with E-state index in [9.17, 15) is 4.79 Å². The molecule has 3 aromatic rings. The molecule has 2 heterocycles. The number of amides is 1. The van der Waals surface area contributed by atoms with Gasteiger partial charge in [0.25, 0.3) is 0 Å². The number of benzene rings is 2. The molecule has 1 amide bonds. The molecule has 7 heteroatoms. The zero-order valence-corrected chi connectivity index (χ0v) is 17.6. The van der Waals surface area contributed by atoms with E-state index in [1.54, 1.807) is 0 Å². The van der Waals surface area contributed by atoms with Crippen LogP contribution in [-0.4, -0.2) is 40.9 Å². The quantitative estimate of drug-likeness (QED) is 0.437. The fourth-order valence-electron chi connectivity index (χ4n) is 3.10. The second-order valence-corrected chi connectivity index (χ2v) is 8.48. The molecule has 0 saturated carbocycles. The normalized spacial score (nSPS) is 16.4. The number of hydrogen-bond acceptors (Lipinski definition) is 5. The summed E-state index contributed by atoms with van der Waals surface area (Å²) < 4.78 is 6.56. The van der Waals surface area contributed by atoms with E-state index in [-0.39, 0.29) is 12.0 Å². The van der Waals surface area contributed by atoms with Crippen LogP contribution in [-0.2, 0) is 9.53 Å². The summed E-state index contributed by atoms with van der Waals surface area (Å²) in [6.07, 6.45) is 2.24. The van der Waals surface area contributed by atoms with Crippen LogP contribution in [0, 0.1) is 0 Å². The highest BCUT2D eigenvalue weighted by molar-refractivity contribution is 9.10. The number of nitrogens with one attached hydrogen (secondary N) is 1. The second-order valence-electron chi connectivity index (χ2n) is 6.60. The van der Waals surface area contributed by atoms with Crippen molar-refractivity contribution in [1.82, 2.24) is 15.3 Å². The third kappa shape index (κ3) is 4.71. The van der Waals surface area contributed by atoms with E-state index >= 15 is 0 Å². The molecule has 0 bridgehead atoms. The highest BCUT2D eigenvalue weighted by Crippen LogP contribution is 2.28. The molecule has 4 rings (SSSR count). The maximum atomic E-state index is 12.3. The van der Waals surface area contributed by atoms with Crippen molar-refractivity contribution in [2.75, 3.05) is 18.9 Å². The molecule has 1 atom stereocenters. The average molecular weight is 458 g/mol. The van der Waals surface area contributed by atoms with Crippen LogP contribution in [0.2, 0.25) is 0 Å². The number of fused-ring (bicyclic) bond motifs is 1. The van der Waals surface area contributed by atoms with E-state index in [1.807, 2.05) is 48.5 Å². The van der Waals surface area contributed by atoms with E-state index in [2.05, 4.69) is 21.2 Å². The zero-order valence-electron chi connectivity index (χ0n) is 15.2. The number of rotatable bonds is 6. The number of para-hydroxylation sites is 1. The molecular formula is C21H20BrN3O2S. The van der Waals surface area contributed by atoms with Gasteiger partial charge in [-0.1, -0.05) is 58.0 Å². The van der Waals surface area contributed by atoms with Crippen molar-refractivity contribution in [1.29, 1.82) is 0 Å². The van der Waals surface area contributed by atoms with E-state index in [0.29, 0.717) is 18.1 Å². The topological polar surface area (TPSA) is 64.1 Å². The average Bonchev–Trinajstić information content (AvgIpc) is 3.24. The van der Waals surface area contributed by atoms with Crippen LogP contribution in [0.4, 0.5) is 0 Å². The zero-order chi connectivity index (χ0) is 19.3. The Morgan fingerprint density at radius 1 is 1.18 bits per heavy atom. The predicted molar refractivity (Wildman–Crippen MR) is 115 cm³/mol. The van der Waals surface area contributed by atoms with Gasteiger partial charge in [-0.25, -0.2) is 9.97 Å². The smallest absolute Gasteiger partial charge is 0.230 e. The van der Waals surface area contributed by atoms with Crippen molar-refractivity contribution >= 4 is 44.5 Å². The largest absolute Gasteiger partial charge is 0.376 e. The summed E-state index contributed by atoms with van der Waals surface area (Å²) in [7, 11) is 0. The number of halogens is 1. The van der Waals surface area contributed by atoms with Gasteiger partial charge in [0.2, 0.25) is 5.91 Å². The minimum absolute atomic E-state index is 0.00612. The van der Waals surface area contributed by atoms with Crippen molar-refractivity contribution < 1.29 is 9.53 Å². The van der Waals surface area contributed by atoms with E-state index < -0.39 is 0 Å². The lowest BCUT2D eigenvalue weighted by Gasteiger charge is -2.11. The van der Waals surface area contributed by atoms with Crippen molar-refractivity contribution in [3.63, 3.8) is 0 Å². The van der Waals surface area contributed by atoms with Crippen molar-refractivity contribution in [2.24, 2.45) is 0 Å². The van der Waals surface area contributed by atoms with Crippen molar-refractivity contribution in [3.05, 3.63) is 53.0 Å². The molecule has 1 saturated heterocycles. The first kappa shape index (κ1) is 19.4. The van der Waals surface area contributed by atoms with Crippen LogP contribution < -0.4 is 5.32 Å². The fourth-order valence-corrected chi connectivity index (χ4v) is 4.22. The Morgan fingerprint density at radius 3 is 2.79 bits per heavy atom. The van der Waals surface area contributed by atoms with Crippen LogP contribution in [0.25, 0.3) is 22.3 Å². The van der Waals surface area contributed by atoms with Gasteiger partial charge >= 0.3 is 0 Å². The Morgan fingerprint density at radius 2 is 2.00 bits per heavy atom. The van der Waals surface area contributed by atoms with Gasteiger partial charge in [0.05, 0.1) is 17.4 Å². The Labute approximate surface area is 176 Å². The Kier molecular flexibility index (Phi) is 6.24. The summed E-state index contributed by atoms with van der Waals surface area (Å²) in [5, 5.41) is 4.74. The first-order valence-corrected chi connectivity index (χ1v) is 11.0. The lowest BCUT2D eigenvalue weighted by molar-refractivity contribution is -0.119. The summed E-state index contributed by atoms with van der Waals surface area (Å²) >= 11 is 4.89. The molecule has 1 aliphatic heterocycles. The predicted octanol–water partition coefficient (Wildman–Crippen LogP) is 4.45. The molecule has 0 unspecified atom stereocenters. The summed E-state index contributed by atoms with van der Waals surface area (Å²) in [6, 6.07) is 15.8. The lowest BCUT2D eigenvalue weighted by atomic mass is 10.2. The monoisotopic (exact) mass is 457 g/mol. The van der Waals surface area contributed by atoms with Crippen LogP contribution in [0.5, 0.6) is 0 Å². The molecule has 5 nitrogen and oxygen atoms in total. The number of thioether (sulfide) groups is 1. The minimum atomic E-state index is -0.00612. The Hall–Kier alpha value is -1.96. The number of hydrogen-bond donors (Lipinski definition) is 1. The number of carbonyl (C=O) groups excluding carboxylic acids is 1. The van der Waals surface area contributed by atoms with Gasteiger partial charge in [-0.05, 0) is 31.0 Å². The molecule has 0 aliphatic carbocycles. The first-order chi connectivity index (χ1) is 13.7. The molecule has 2 aromatic carbocycles. The van der Waals surface area contributed by atoms with Crippen LogP contribution in [0.3, 0.4) is 0 Å². The van der Waals surface area contributed by atoms with Crippen molar-refractivity contribution in [3.8, 4) is 11.4 Å². The summed E-state index contributed by atoms with van der Waals surface area (Å²) in [5.41, 5.74) is 1.82. The third-order valence-electron chi connectivity index (χ3n) is 4.56. The molecule has 1 N–H and O–H groups in total. The first-order valence-electron chi connectivity index (χ1n) is 9.23. The maximum Gasteiger partial charge on any atom is 0.230 e. The van der Waals surface area contributed by atoms with Gasteiger partial charge in [-0.2, -0.15) is 0 Å². The fraction of sp³-hybridized carbons (Fsp3) is 0.286. The third-order valence-corrected chi connectivity index (χ3v) is 6.08. The van der Waals surface area contributed by atoms with Gasteiger partial charge in [0.15, 0.2) is 5.82 Å². The molecule has 0 radical (unpaired) electrons. The number of nitrogens with zero attached hydrogens (tertiary/aromatic N) is 2. The highest BCUT2D eigenvalue weighted by atomic mass is 79.9. The number of ether oxygens (including phenoxy) is 1. The van der Waals surface area contributed by atoms with Crippen LogP contribution in [0.1, 0.15) is 12.8 Å². The van der Waals surface area contributed by atoms with Crippen molar-refractivity contribution in [2.45, 2.75) is 24.0 Å². The molecule has 144 valence electrons. The molecule has 1 aromatic heterocycles. The van der Waals surface area contributed by atoms with Crippen LogP contribution in [0.15, 0.2) is 58.0 Å². The van der Waals surface area contributed by atoms with Gasteiger partial charge in [-0.3, -0.25) is 4.79 Å². The summed E-state index contributed by atoms with van der Waals surface area (Å²) in [5.74, 6) is 0.967. The standard InChI is InChI=1S/C21H20BrN3O2S/c22-15-9-7-14(8-10-15)20-24-18-6-2-1-5-17(18)21(25-20)28-13-19(26)23-12-16-4-3-11-27-16/h1-2,5-10,16H,3-4,11-13H2,(H,23,26)/t16-/m1/s1.